The van der Waals surface area contributed by atoms with Gasteiger partial charge in [0.2, 0.25) is 0 Å². The van der Waals surface area contributed by atoms with Gasteiger partial charge < -0.3 is 14.2 Å². The van der Waals surface area contributed by atoms with Gasteiger partial charge in [0.05, 0.1) is 0 Å². The molecule has 0 spiro atoms. The zero-order chi connectivity index (χ0) is 52.2. The first-order chi connectivity index (χ1) is 35.5. The van der Waals surface area contributed by atoms with Crippen molar-refractivity contribution in [3.05, 3.63) is 72.9 Å². The molecule has 0 aliphatic rings. The van der Waals surface area contributed by atoms with Gasteiger partial charge in [0.25, 0.3) is 0 Å². The molecule has 0 heterocycles. The average Bonchev–Trinajstić information content (AvgIpc) is 3.38. The van der Waals surface area contributed by atoms with Gasteiger partial charge in [-0.05, 0) is 83.5 Å². The van der Waals surface area contributed by atoms with Crippen molar-refractivity contribution in [2.75, 3.05) is 13.2 Å². The third kappa shape index (κ3) is 57.7. The topological polar surface area (TPSA) is 78.9 Å². The van der Waals surface area contributed by atoms with Crippen molar-refractivity contribution < 1.29 is 28.6 Å². The normalized spacial score (nSPS) is 12.5. The maximum atomic E-state index is 12.9. The second kappa shape index (κ2) is 60.4. The summed E-state index contributed by atoms with van der Waals surface area (Å²) in [6, 6.07) is 0. The molecule has 0 aliphatic carbocycles. The van der Waals surface area contributed by atoms with E-state index >= 15 is 0 Å². The fourth-order valence-corrected chi connectivity index (χ4v) is 8.83. The molecule has 6 nitrogen and oxygen atoms in total. The number of esters is 3. The van der Waals surface area contributed by atoms with Crippen molar-refractivity contribution in [3.63, 3.8) is 0 Å². The Morgan fingerprint density at radius 1 is 0.292 bits per heavy atom. The Morgan fingerprint density at radius 2 is 0.569 bits per heavy atom. The summed E-state index contributed by atoms with van der Waals surface area (Å²) in [7, 11) is 0. The third-order valence-corrected chi connectivity index (χ3v) is 13.4. The number of hydrogen-bond donors (Lipinski definition) is 0. The Balaban J connectivity index is 4.27. The highest BCUT2D eigenvalue weighted by Gasteiger charge is 2.19. The van der Waals surface area contributed by atoms with Crippen LogP contribution < -0.4 is 0 Å². The van der Waals surface area contributed by atoms with Crippen LogP contribution in [-0.2, 0) is 28.6 Å². The molecule has 0 bridgehead atoms. The number of ether oxygens (including phenoxy) is 3. The molecule has 0 aliphatic heterocycles. The summed E-state index contributed by atoms with van der Waals surface area (Å²) >= 11 is 0. The lowest BCUT2D eigenvalue weighted by Gasteiger charge is -2.18. The van der Waals surface area contributed by atoms with E-state index in [1.54, 1.807) is 0 Å². The van der Waals surface area contributed by atoms with Gasteiger partial charge in [0.1, 0.15) is 13.2 Å². The van der Waals surface area contributed by atoms with Crippen molar-refractivity contribution in [3.8, 4) is 0 Å². The summed E-state index contributed by atoms with van der Waals surface area (Å²) in [6.07, 6.45) is 77.7. The van der Waals surface area contributed by atoms with E-state index in [9.17, 15) is 14.4 Å². The molecule has 416 valence electrons. The smallest absolute Gasteiger partial charge is 0.306 e. The molecule has 0 aromatic heterocycles. The molecule has 0 N–H and O–H groups in total. The fourth-order valence-electron chi connectivity index (χ4n) is 8.83. The number of rotatable bonds is 56. The molecule has 72 heavy (non-hydrogen) atoms. The standard InChI is InChI=1S/C66H116O6/c1-4-7-10-13-16-19-22-24-26-28-30-32-33-35-36-38-40-42-44-47-50-53-56-59-65(68)71-62-63(61-70-64(67)58-55-52-49-46-21-18-15-12-9-6-3)72-66(69)60-57-54-51-48-45-43-41-39-37-34-31-29-27-25-23-20-17-14-11-8-5-2/h8,11-12,15,17,20,25,27,31,34,39,41,63H,4-7,9-10,13-14,16,18-19,21-24,26,28-30,32-33,35-38,40,42-62H2,1-3H3/b11-8-,15-12-,20-17-,27-25-,34-31-,41-39-. The van der Waals surface area contributed by atoms with Crippen LogP contribution in [0.15, 0.2) is 72.9 Å². The van der Waals surface area contributed by atoms with Crippen LogP contribution in [0.1, 0.15) is 310 Å². The van der Waals surface area contributed by atoms with E-state index in [-0.39, 0.29) is 31.1 Å². The highest BCUT2D eigenvalue weighted by molar-refractivity contribution is 5.71. The summed E-state index contributed by atoms with van der Waals surface area (Å²) in [6.45, 7) is 6.48. The molecule has 0 amide bonds. The van der Waals surface area contributed by atoms with Crippen molar-refractivity contribution in [1.29, 1.82) is 0 Å². The van der Waals surface area contributed by atoms with Crippen LogP contribution in [0.25, 0.3) is 0 Å². The van der Waals surface area contributed by atoms with Crippen LogP contribution in [0.2, 0.25) is 0 Å². The number of carbonyl (C=O) groups is 3. The highest BCUT2D eigenvalue weighted by Crippen LogP contribution is 2.17. The largest absolute Gasteiger partial charge is 0.462 e. The first-order valence-electron chi connectivity index (χ1n) is 30.9. The van der Waals surface area contributed by atoms with E-state index in [0.717, 1.165) is 122 Å². The molecular weight excluding hydrogens is 889 g/mol. The minimum absolute atomic E-state index is 0.0836. The number of allylic oxidation sites excluding steroid dienone is 12. The van der Waals surface area contributed by atoms with Crippen LogP contribution >= 0.6 is 0 Å². The molecule has 0 aromatic carbocycles. The van der Waals surface area contributed by atoms with E-state index in [0.29, 0.717) is 19.3 Å². The molecule has 0 fully saturated rings. The van der Waals surface area contributed by atoms with Gasteiger partial charge in [0, 0.05) is 19.3 Å². The van der Waals surface area contributed by atoms with Gasteiger partial charge in [-0.3, -0.25) is 14.4 Å². The van der Waals surface area contributed by atoms with E-state index in [1.165, 1.54) is 148 Å². The number of carbonyl (C=O) groups excluding carboxylic acids is 3. The summed E-state index contributed by atoms with van der Waals surface area (Å²) in [4.78, 5) is 38.2. The first kappa shape index (κ1) is 68.8. The molecule has 0 saturated heterocycles. The van der Waals surface area contributed by atoms with Crippen molar-refractivity contribution in [2.24, 2.45) is 0 Å². The zero-order valence-electron chi connectivity index (χ0n) is 47.7. The van der Waals surface area contributed by atoms with Crippen LogP contribution in [0.3, 0.4) is 0 Å². The second-order valence-electron chi connectivity index (χ2n) is 20.6. The lowest BCUT2D eigenvalue weighted by molar-refractivity contribution is -0.167. The molecule has 0 saturated carbocycles. The SMILES string of the molecule is CC/C=C\C/C=C\C/C=C\C/C=C\C/C=C\CCCCCCCC(=O)OC(COC(=O)CCCCCCC/C=C\CCC)COC(=O)CCCCCCCCCCCCCCCCCCCCCCCCC. The summed E-state index contributed by atoms with van der Waals surface area (Å²) < 4.78 is 16.9. The highest BCUT2D eigenvalue weighted by atomic mass is 16.6. The van der Waals surface area contributed by atoms with Crippen LogP contribution in [0.4, 0.5) is 0 Å². The number of hydrogen-bond acceptors (Lipinski definition) is 6. The maximum absolute atomic E-state index is 12.9. The first-order valence-corrected chi connectivity index (χ1v) is 30.9. The monoisotopic (exact) mass is 1000 g/mol. The van der Waals surface area contributed by atoms with Crippen molar-refractivity contribution in [2.45, 2.75) is 316 Å². The third-order valence-electron chi connectivity index (χ3n) is 13.4. The Kier molecular flexibility index (Phi) is 57.8. The minimum atomic E-state index is -0.788. The molecular formula is C66H116O6. The Bertz CT molecular complexity index is 1340. The maximum Gasteiger partial charge on any atom is 0.306 e. The van der Waals surface area contributed by atoms with Gasteiger partial charge in [-0.15, -0.1) is 0 Å². The summed E-state index contributed by atoms with van der Waals surface area (Å²) in [5.74, 6) is -0.902. The lowest BCUT2D eigenvalue weighted by Crippen LogP contribution is -2.30. The lowest BCUT2D eigenvalue weighted by atomic mass is 10.0. The van der Waals surface area contributed by atoms with E-state index in [4.69, 9.17) is 14.2 Å². The summed E-state index contributed by atoms with van der Waals surface area (Å²) in [5, 5.41) is 0. The Hall–Kier alpha value is -3.15. The van der Waals surface area contributed by atoms with Crippen molar-refractivity contribution in [1.82, 2.24) is 0 Å². The Labute approximate surface area is 446 Å². The predicted octanol–water partition coefficient (Wildman–Crippen LogP) is 20.9. The van der Waals surface area contributed by atoms with Crippen molar-refractivity contribution >= 4 is 17.9 Å². The predicted molar refractivity (Wildman–Crippen MR) is 311 cm³/mol. The van der Waals surface area contributed by atoms with Gasteiger partial charge >= 0.3 is 17.9 Å². The Morgan fingerprint density at radius 3 is 0.917 bits per heavy atom. The fraction of sp³-hybridized carbons (Fsp3) is 0.773. The van der Waals surface area contributed by atoms with Crippen LogP contribution in [0.5, 0.6) is 0 Å². The quantitative estimate of drug-likeness (QED) is 0.0261. The van der Waals surface area contributed by atoms with Gasteiger partial charge in [-0.2, -0.15) is 0 Å². The van der Waals surface area contributed by atoms with Gasteiger partial charge in [-0.25, -0.2) is 0 Å². The number of unbranched alkanes of at least 4 members (excludes halogenated alkanes) is 33. The van der Waals surface area contributed by atoms with E-state index in [1.807, 2.05) is 0 Å². The zero-order valence-corrected chi connectivity index (χ0v) is 47.7. The molecule has 1 unspecified atom stereocenters. The van der Waals surface area contributed by atoms with Crippen LogP contribution in [-0.4, -0.2) is 37.2 Å². The van der Waals surface area contributed by atoms with Gasteiger partial charge in [-0.1, -0.05) is 280 Å². The molecule has 0 radical (unpaired) electrons. The van der Waals surface area contributed by atoms with E-state index < -0.39 is 6.10 Å². The van der Waals surface area contributed by atoms with Gasteiger partial charge in [0.15, 0.2) is 6.10 Å². The average molecular weight is 1010 g/mol. The molecule has 1 atom stereocenters. The molecule has 0 aromatic rings. The summed E-state index contributed by atoms with van der Waals surface area (Å²) in [5.41, 5.74) is 0. The minimum Gasteiger partial charge on any atom is -0.462 e. The van der Waals surface area contributed by atoms with Crippen LogP contribution in [0, 0.1) is 0 Å². The second-order valence-corrected chi connectivity index (χ2v) is 20.6. The van der Waals surface area contributed by atoms with E-state index in [2.05, 4.69) is 93.7 Å². The molecule has 6 heteroatoms. The molecule has 0 rings (SSSR count).